The van der Waals surface area contributed by atoms with Crippen LogP contribution in [-0.4, -0.2) is 15.3 Å². The van der Waals surface area contributed by atoms with Crippen LogP contribution in [0.15, 0.2) is 24.5 Å². The van der Waals surface area contributed by atoms with Crippen LogP contribution in [-0.2, 0) is 0 Å². The number of nitrogens with zero attached hydrogens (tertiary/aromatic N) is 2. The van der Waals surface area contributed by atoms with Crippen LogP contribution in [0.4, 0.5) is 0 Å². The normalized spacial score (nSPS) is 28.1. The van der Waals surface area contributed by atoms with Crippen molar-refractivity contribution in [3.8, 4) is 0 Å². The van der Waals surface area contributed by atoms with Gasteiger partial charge in [-0.1, -0.05) is 6.07 Å². The van der Waals surface area contributed by atoms with Crippen LogP contribution >= 0.6 is 30.3 Å². The van der Waals surface area contributed by atoms with Crippen LogP contribution in [0.1, 0.15) is 31.4 Å². The lowest BCUT2D eigenvalue weighted by atomic mass is 10.1. The first-order valence-corrected chi connectivity index (χ1v) is 8.11. The number of hydrogen-bond donors (Lipinski definition) is 0. The van der Waals surface area contributed by atoms with Crippen molar-refractivity contribution in [2.45, 2.75) is 31.8 Å². The monoisotopic (exact) mass is 320 g/mol. The van der Waals surface area contributed by atoms with Gasteiger partial charge in [0.2, 0.25) is 0 Å². The van der Waals surface area contributed by atoms with Gasteiger partial charge in [-0.2, -0.15) is 0 Å². The molecule has 1 aromatic rings. The zero-order valence-corrected chi connectivity index (χ0v) is 11.0. The van der Waals surface area contributed by atoms with Gasteiger partial charge in [-0.25, -0.2) is 4.31 Å². The van der Waals surface area contributed by atoms with Gasteiger partial charge in [0.05, 0.1) is 0 Å². The summed E-state index contributed by atoms with van der Waals surface area (Å²) >= 11 is 2.37. The molecule has 1 saturated heterocycles. The van der Waals surface area contributed by atoms with E-state index in [4.69, 9.17) is 0 Å². The maximum absolute atomic E-state index is 4.18. The van der Waals surface area contributed by atoms with Gasteiger partial charge < -0.3 is 0 Å². The molecule has 4 heteroatoms. The van der Waals surface area contributed by atoms with Crippen molar-refractivity contribution in [3.63, 3.8) is 0 Å². The first-order chi connectivity index (χ1) is 6.83. The van der Waals surface area contributed by atoms with Crippen LogP contribution in [0.5, 0.6) is 0 Å². The fourth-order valence-corrected chi connectivity index (χ4v) is 4.52. The molecule has 0 radical (unpaired) electrons. The highest BCUT2D eigenvalue weighted by atomic mass is 127. The van der Waals surface area contributed by atoms with E-state index in [0.29, 0.717) is 12.1 Å². The first kappa shape index (κ1) is 10.7. The Morgan fingerprint density at radius 2 is 2.43 bits per heavy atom. The summed E-state index contributed by atoms with van der Waals surface area (Å²) in [6, 6.07) is 5.44. The highest BCUT2D eigenvalue weighted by molar-refractivity contribution is 14.2. The lowest BCUT2D eigenvalue weighted by molar-refractivity contribution is 0.386. The smallest absolute Gasteiger partial charge is 0.0478 e. The molecule has 0 spiro atoms. The molecular formula is C10H13IN2S. The van der Waals surface area contributed by atoms with Crippen molar-refractivity contribution in [1.29, 1.82) is 0 Å². The van der Waals surface area contributed by atoms with Crippen molar-refractivity contribution in [2.75, 3.05) is 0 Å². The Morgan fingerprint density at radius 1 is 1.57 bits per heavy atom. The van der Waals surface area contributed by atoms with Gasteiger partial charge in [0, 0.05) is 45.7 Å². The second-order valence-corrected chi connectivity index (χ2v) is 5.40. The summed E-state index contributed by atoms with van der Waals surface area (Å²) in [5.41, 5.74) is 1.35. The number of halogens is 1. The average Bonchev–Trinajstić information content (AvgIpc) is 2.61. The molecule has 1 aliphatic heterocycles. The summed E-state index contributed by atoms with van der Waals surface area (Å²) in [6.45, 7) is 2.29. The molecule has 2 nitrogen and oxygen atoms in total. The number of aromatic nitrogens is 1. The van der Waals surface area contributed by atoms with E-state index in [1.54, 1.807) is 0 Å². The third-order valence-corrected chi connectivity index (χ3v) is 4.89. The molecule has 1 fully saturated rings. The Labute approximate surface area is 101 Å². The Balaban J connectivity index is 2.19. The van der Waals surface area contributed by atoms with Crippen molar-refractivity contribution >= 4 is 30.3 Å². The summed E-state index contributed by atoms with van der Waals surface area (Å²) in [6.07, 6.45) is 6.37. The number of hydrogen-bond acceptors (Lipinski definition) is 3. The van der Waals surface area contributed by atoms with Crippen molar-refractivity contribution in [2.24, 2.45) is 0 Å². The van der Waals surface area contributed by atoms with Crippen molar-refractivity contribution in [1.82, 2.24) is 9.29 Å². The minimum Gasteiger partial charge on any atom is -0.264 e. The minimum absolute atomic E-state index is 0.556. The lowest BCUT2D eigenvalue weighted by Crippen LogP contribution is -2.20. The molecule has 1 aromatic heterocycles. The standard InChI is InChI=1S/C10H13IN2S/c1-8-4-5-10(13(8)14-11)9-3-2-6-12-7-9/h2-3,6-8,10H,4-5H2,1H3/t8?,10-/m1/s1. The highest BCUT2D eigenvalue weighted by Crippen LogP contribution is 2.42. The SMILES string of the molecule is CC1CC[C@H](c2cccnc2)N1SI. The fourth-order valence-electron chi connectivity index (χ4n) is 1.96. The Bertz CT molecular complexity index is 293. The van der Waals surface area contributed by atoms with Crippen LogP contribution in [0, 0.1) is 0 Å². The third-order valence-electron chi connectivity index (χ3n) is 2.75. The van der Waals surface area contributed by atoms with E-state index < -0.39 is 0 Å². The van der Waals surface area contributed by atoms with Crippen LogP contribution in [0.3, 0.4) is 0 Å². The van der Waals surface area contributed by atoms with Gasteiger partial charge >= 0.3 is 0 Å². The largest absolute Gasteiger partial charge is 0.264 e. The topological polar surface area (TPSA) is 16.1 Å². The molecule has 1 aliphatic rings. The summed E-state index contributed by atoms with van der Waals surface area (Å²) < 4.78 is 2.47. The minimum atomic E-state index is 0.556. The molecular weight excluding hydrogens is 307 g/mol. The first-order valence-electron chi connectivity index (χ1n) is 4.80. The van der Waals surface area contributed by atoms with Gasteiger partial charge in [-0.15, -0.1) is 0 Å². The molecule has 0 amide bonds. The highest BCUT2D eigenvalue weighted by Gasteiger charge is 2.31. The summed E-state index contributed by atoms with van der Waals surface area (Å²) in [7, 11) is 1.82. The van der Waals surface area contributed by atoms with Gasteiger partial charge in [0.15, 0.2) is 0 Å². The van der Waals surface area contributed by atoms with E-state index in [2.05, 4.69) is 43.5 Å². The predicted octanol–water partition coefficient (Wildman–Crippen LogP) is 3.61. The molecule has 0 saturated carbocycles. The number of pyridine rings is 1. The quantitative estimate of drug-likeness (QED) is 0.612. The zero-order valence-electron chi connectivity index (χ0n) is 8.06. The molecule has 0 N–H and O–H groups in total. The summed E-state index contributed by atoms with van der Waals surface area (Å²) in [5.74, 6) is 0. The molecule has 2 heterocycles. The Hall–Kier alpha value is 0.190. The van der Waals surface area contributed by atoms with Gasteiger partial charge in [-0.05, 0) is 40.5 Å². The molecule has 14 heavy (non-hydrogen) atoms. The van der Waals surface area contributed by atoms with Crippen LogP contribution < -0.4 is 0 Å². The maximum atomic E-state index is 4.18. The second kappa shape index (κ2) is 4.81. The van der Waals surface area contributed by atoms with E-state index in [1.807, 2.05) is 27.6 Å². The van der Waals surface area contributed by atoms with E-state index >= 15 is 0 Å². The fraction of sp³-hybridized carbons (Fsp3) is 0.500. The van der Waals surface area contributed by atoms with E-state index in [9.17, 15) is 0 Å². The van der Waals surface area contributed by atoms with E-state index in [1.165, 1.54) is 18.4 Å². The second-order valence-electron chi connectivity index (χ2n) is 3.66. The third kappa shape index (κ3) is 2.06. The van der Waals surface area contributed by atoms with Crippen LogP contribution in [0.25, 0.3) is 0 Å². The van der Waals surface area contributed by atoms with E-state index in [-0.39, 0.29) is 0 Å². The molecule has 2 atom stereocenters. The van der Waals surface area contributed by atoms with E-state index in [0.717, 1.165) is 0 Å². The Kier molecular flexibility index (Phi) is 3.67. The van der Waals surface area contributed by atoms with Crippen molar-refractivity contribution < 1.29 is 0 Å². The average molecular weight is 320 g/mol. The van der Waals surface area contributed by atoms with Gasteiger partial charge in [0.1, 0.15) is 0 Å². The van der Waals surface area contributed by atoms with Gasteiger partial charge in [0.25, 0.3) is 0 Å². The van der Waals surface area contributed by atoms with Gasteiger partial charge in [-0.3, -0.25) is 4.98 Å². The van der Waals surface area contributed by atoms with Crippen LogP contribution in [0.2, 0.25) is 0 Å². The molecule has 0 aromatic carbocycles. The molecule has 1 unspecified atom stereocenters. The summed E-state index contributed by atoms with van der Waals surface area (Å²) in [4.78, 5) is 4.18. The molecule has 2 rings (SSSR count). The predicted molar refractivity (Wildman–Crippen MR) is 69.1 cm³/mol. The lowest BCUT2D eigenvalue weighted by Gasteiger charge is -2.24. The molecule has 0 aliphatic carbocycles. The molecule has 76 valence electrons. The van der Waals surface area contributed by atoms with Crippen molar-refractivity contribution in [3.05, 3.63) is 30.1 Å². The number of rotatable bonds is 2. The zero-order chi connectivity index (χ0) is 9.97. The molecule has 0 bridgehead atoms. The Morgan fingerprint density at radius 3 is 3.07 bits per heavy atom. The maximum Gasteiger partial charge on any atom is 0.0478 e. The summed E-state index contributed by atoms with van der Waals surface area (Å²) in [5, 5.41) is 0.